The fourth-order valence-electron chi connectivity index (χ4n) is 0. The van der Waals surface area contributed by atoms with Gasteiger partial charge in [0.2, 0.25) is 0 Å². The van der Waals surface area contributed by atoms with Crippen molar-refractivity contribution in [3.63, 3.8) is 0 Å². The maximum atomic E-state index is 8.74. The standard InChI is InChI=1S/ClH.2Mg.H2O4S.4H/c;;;1-5(2,3)4;;;;/h1H;;;(H2,1,2,3,4);;;;. The Morgan fingerprint density at radius 3 is 1.00 bits per heavy atom. The van der Waals surface area contributed by atoms with Crippen molar-refractivity contribution in [3.05, 3.63) is 0 Å². The van der Waals surface area contributed by atoms with Crippen LogP contribution in [0.1, 0.15) is 0 Å². The van der Waals surface area contributed by atoms with Crippen molar-refractivity contribution in [1.82, 2.24) is 0 Å². The zero-order valence-corrected chi connectivity index (χ0v) is 4.16. The first-order valence-corrected chi connectivity index (χ1v) is 2.10. The molecule has 0 aromatic carbocycles. The second-order valence-corrected chi connectivity index (χ2v) is 1.34. The lowest BCUT2D eigenvalue weighted by molar-refractivity contribution is 0.381. The molecule has 0 heterocycles. The lowest BCUT2D eigenvalue weighted by atomic mass is 15.8. The fourth-order valence-corrected chi connectivity index (χ4v) is 0. The van der Waals surface area contributed by atoms with Crippen LogP contribution < -0.4 is 0 Å². The van der Waals surface area contributed by atoms with Crippen LogP contribution in [0.15, 0.2) is 0 Å². The van der Waals surface area contributed by atoms with Gasteiger partial charge >= 0.3 is 56.5 Å². The van der Waals surface area contributed by atoms with Crippen LogP contribution in [-0.4, -0.2) is 63.6 Å². The van der Waals surface area contributed by atoms with Crippen LogP contribution in [0.25, 0.3) is 0 Å². The van der Waals surface area contributed by atoms with Gasteiger partial charge in [0.15, 0.2) is 0 Å². The Hall–Kier alpha value is 1.69. The molecule has 0 fully saturated rings. The first-order valence-electron chi connectivity index (χ1n) is 0.698. The molecule has 0 aromatic rings. The molecule has 0 aliphatic rings. The van der Waals surface area contributed by atoms with E-state index in [1.807, 2.05) is 0 Å². The minimum absolute atomic E-state index is 0. The van der Waals surface area contributed by atoms with Crippen molar-refractivity contribution in [2.45, 2.75) is 0 Å². The molecule has 0 bridgehead atoms. The smallest absolute Gasteiger partial charge is 0.264 e. The maximum Gasteiger partial charge on any atom is 0.394 e. The number of rotatable bonds is 0. The van der Waals surface area contributed by atoms with Crippen molar-refractivity contribution < 1.29 is 17.5 Å². The third-order valence-corrected chi connectivity index (χ3v) is 0. The van der Waals surface area contributed by atoms with E-state index >= 15 is 0 Å². The van der Waals surface area contributed by atoms with Crippen molar-refractivity contribution in [1.29, 1.82) is 0 Å². The minimum atomic E-state index is -4.67. The Bertz CT molecular complexity index is 97.2. The molecule has 0 saturated heterocycles. The molecule has 0 aromatic heterocycles. The van der Waals surface area contributed by atoms with Crippen molar-refractivity contribution >= 4 is 68.9 Å². The second-order valence-electron chi connectivity index (χ2n) is 0.448. The molecule has 0 atom stereocenters. The van der Waals surface area contributed by atoms with E-state index < -0.39 is 10.4 Å². The molecular weight excluding hydrogens is 180 g/mol. The van der Waals surface area contributed by atoms with E-state index in [1.165, 1.54) is 0 Å². The van der Waals surface area contributed by atoms with E-state index in [0.717, 1.165) is 0 Å². The number of hydrogen-bond acceptors (Lipinski definition) is 2. The zero-order chi connectivity index (χ0) is 4.50. The lowest BCUT2D eigenvalue weighted by Crippen LogP contribution is -1.89. The molecule has 0 amide bonds. The van der Waals surface area contributed by atoms with Crippen LogP contribution in [0.3, 0.4) is 0 Å². The van der Waals surface area contributed by atoms with Gasteiger partial charge in [-0.25, -0.2) is 0 Å². The molecule has 48 valence electrons. The highest BCUT2D eigenvalue weighted by molar-refractivity contribution is 7.79. The van der Waals surface area contributed by atoms with Gasteiger partial charge in [-0.05, 0) is 0 Å². The van der Waals surface area contributed by atoms with Crippen molar-refractivity contribution in [3.8, 4) is 0 Å². The summed E-state index contributed by atoms with van der Waals surface area (Å²) in [6.07, 6.45) is 0. The molecule has 0 unspecified atom stereocenters. The van der Waals surface area contributed by atoms with Crippen LogP contribution in [0.4, 0.5) is 0 Å². The first kappa shape index (κ1) is 22.6. The van der Waals surface area contributed by atoms with Crippen molar-refractivity contribution in [2.24, 2.45) is 0 Å². The molecule has 0 aliphatic carbocycles. The Kier molecular flexibility index (Phi) is 24.6. The van der Waals surface area contributed by atoms with Gasteiger partial charge in [0.25, 0.3) is 0 Å². The van der Waals surface area contributed by atoms with Gasteiger partial charge in [0.1, 0.15) is 0 Å². The molecule has 0 aliphatic heterocycles. The van der Waals surface area contributed by atoms with E-state index in [2.05, 4.69) is 0 Å². The average Bonchev–Trinajstić information content (AvgIpc) is 0.722. The van der Waals surface area contributed by atoms with E-state index in [4.69, 9.17) is 17.5 Å². The largest absolute Gasteiger partial charge is 0.394 e. The molecule has 8 heavy (non-hydrogen) atoms. The first-order chi connectivity index (χ1) is 2.00. The molecule has 0 spiro atoms. The highest BCUT2D eigenvalue weighted by Crippen LogP contribution is 1.59. The summed E-state index contributed by atoms with van der Waals surface area (Å²) in [5.74, 6) is 0. The molecule has 2 N–H and O–H groups in total. The second kappa shape index (κ2) is 8.69. The van der Waals surface area contributed by atoms with Gasteiger partial charge in [-0.2, -0.15) is 8.42 Å². The number of halogens is 1. The molecular formula is H7ClMg2O4S. The predicted octanol–water partition coefficient (Wildman–Crippen LogP) is -2.06. The van der Waals surface area contributed by atoms with E-state index in [9.17, 15) is 0 Å². The van der Waals surface area contributed by atoms with Crippen LogP contribution >= 0.6 is 12.4 Å². The molecule has 0 rings (SSSR count). The Balaban J connectivity index is -0.0000000267. The molecule has 0 radical (unpaired) electrons. The third kappa shape index (κ3) is 120. The summed E-state index contributed by atoms with van der Waals surface area (Å²) in [5, 5.41) is 0. The highest BCUT2D eigenvalue weighted by Gasteiger charge is 1.84. The van der Waals surface area contributed by atoms with Gasteiger partial charge in [-0.1, -0.05) is 0 Å². The van der Waals surface area contributed by atoms with Crippen LogP contribution in [0.5, 0.6) is 0 Å². The molecule has 4 nitrogen and oxygen atoms in total. The summed E-state index contributed by atoms with van der Waals surface area (Å²) in [5.41, 5.74) is 0. The van der Waals surface area contributed by atoms with Gasteiger partial charge in [-0.3, -0.25) is 9.11 Å². The monoisotopic (exact) mass is 186 g/mol. The van der Waals surface area contributed by atoms with E-state index in [-0.39, 0.29) is 58.5 Å². The fraction of sp³-hybridized carbons (Fsp3) is 0. The van der Waals surface area contributed by atoms with Gasteiger partial charge in [0.05, 0.1) is 0 Å². The third-order valence-electron chi connectivity index (χ3n) is 0. The number of hydrogen-bond donors (Lipinski definition) is 2. The summed E-state index contributed by atoms with van der Waals surface area (Å²) < 4.78 is 31.6. The van der Waals surface area contributed by atoms with Crippen LogP contribution in [-0.2, 0) is 10.4 Å². The summed E-state index contributed by atoms with van der Waals surface area (Å²) >= 11 is 0. The normalized spacial score (nSPS) is 7.25. The Morgan fingerprint density at radius 2 is 1.00 bits per heavy atom. The summed E-state index contributed by atoms with van der Waals surface area (Å²) in [7, 11) is -4.67. The Morgan fingerprint density at radius 1 is 1.00 bits per heavy atom. The lowest BCUT2D eigenvalue weighted by Gasteiger charge is -1.68. The van der Waals surface area contributed by atoms with Crippen LogP contribution in [0.2, 0.25) is 0 Å². The highest BCUT2D eigenvalue weighted by atomic mass is 35.5. The summed E-state index contributed by atoms with van der Waals surface area (Å²) in [6, 6.07) is 0. The van der Waals surface area contributed by atoms with Gasteiger partial charge < -0.3 is 0 Å². The van der Waals surface area contributed by atoms with Gasteiger partial charge in [-0.15, -0.1) is 12.4 Å². The maximum absolute atomic E-state index is 8.74. The zero-order valence-electron chi connectivity index (χ0n) is 2.53. The topological polar surface area (TPSA) is 74.6 Å². The molecule has 8 heteroatoms. The van der Waals surface area contributed by atoms with E-state index in [0.29, 0.717) is 0 Å². The summed E-state index contributed by atoms with van der Waals surface area (Å²) in [4.78, 5) is 0. The predicted molar refractivity (Wildman–Crippen MR) is 38.5 cm³/mol. The van der Waals surface area contributed by atoms with Crippen LogP contribution in [0, 0.1) is 0 Å². The SMILES string of the molecule is Cl.O=S(=O)(O)O.[MgH2].[MgH2]. The van der Waals surface area contributed by atoms with E-state index in [1.54, 1.807) is 0 Å². The van der Waals surface area contributed by atoms with Crippen molar-refractivity contribution in [2.75, 3.05) is 0 Å². The minimum Gasteiger partial charge on any atom is -0.264 e. The van der Waals surface area contributed by atoms with Gasteiger partial charge in [0, 0.05) is 0 Å². The quantitative estimate of drug-likeness (QED) is 0.338. The summed E-state index contributed by atoms with van der Waals surface area (Å²) in [6.45, 7) is 0. The Labute approximate surface area is 85.7 Å². The average molecular weight is 187 g/mol. The molecule has 0 saturated carbocycles.